The fourth-order valence-electron chi connectivity index (χ4n) is 3.14. The molecule has 19 heavy (non-hydrogen) atoms. The van der Waals surface area contributed by atoms with Crippen molar-refractivity contribution < 1.29 is 5.11 Å². The summed E-state index contributed by atoms with van der Waals surface area (Å²) in [4.78, 5) is 2.49. The fourth-order valence-corrected chi connectivity index (χ4v) is 3.14. The van der Waals surface area contributed by atoms with Gasteiger partial charge in [0.1, 0.15) is 0 Å². The van der Waals surface area contributed by atoms with Gasteiger partial charge in [0.2, 0.25) is 0 Å². The number of benzene rings is 1. The molecular formula is C16H26N2O. The van der Waals surface area contributed by atoms with Gasteiger partial charge in [-0.2, -0.15) is 0 Å². The second kappa shape index (κ2) is 6.51. The van der Waals surface area contributed by atoms with Crippen molar-refractivity contribution in [2.24, 2.45) is 11.7 Å². The third-order valence-corrected chi connectivity index (χ3v) is 4.31. The van der Waals surface area contributed by atoms with Crippen LogP contribution in [0.3, 0.4) is 0 Å². The first-order valence-corrected chi connectivity index (χ1v) is 7.29. The van der Waals surface area contributed by atoms with E-state index in [4.69, 9.17) is 5.73 Å². The van der Waals surface area contributed by atoms with E-state index in [-0.39, 0.29) is 6.04 Å². The minimum absolute atomic E-state index is 0.117. The second-order valence-corrected chi connectivity index (χ2v) is 5.82. The topological polar surface area (TPSA) is 49.5 Å². The molecule has 106 valence electrons. The van der Waals surface area contributed by atoms with Crippen LogP contribution in [0.15, 0.2) is 24.3 Å². The summed E-state index contributed by atoms with van der Waals surface area (Å²) < 4.78 is 0. The Balaban J connectivity index is 2.16. The molecule has 2 atom stereocenters. The molecule has 0 bridgehead atoms. The van der Waals surface area contributed by atoms with Crippen LogP contribution in [0.4, 0.5) is 0 Å². The van der Waals surface area contributed by atoms with Crippen molar-refractivity contribution in [3.63, 3.8) is 0 Å². The third-order valence-electron chi connectivity index (χ3n) is 4.31. The van der Waals surface area contributed by atoms with Gasteiger partial charge in [0.15, 0.2) is 0 Å². The van der Waals surface area contributed by atoms with E-state index < -0.39 is 0 Å². The molecule has 0 radical (unpaired) electrons. The Morgan fingerprint density at radius 3 is 2.47 bits per heavy atom. The van der Waals surface area contributed by atoms with E-state index in [1.54, 1.807) is 0 Å². The predicted molar refractivity (Wildman–Crippen MR) is 79.0 cm³/mol. The van der Waals surface area contributed by atoms with E-state index in [1.165, 1.54) is 11.1 Å². The molecule has 3 N–H and O–H groups in total. The Morgan fingerprint density at radius 1 is 1.32 bits per heavy atom. The van der Waals surface area contributed by atoms with Crippen molar-refractivity contribution in [2.45, 2.75) is 38.8 Å². The van der Waals surface area contributed by atoms with Crippen molar-refractivity contribution in [3.8, 4) is 0 Å². The van der Waals surface area contributed by atoms with Gasteiger partial charge in [0.25, 0.3) is 0 Å². The lowest BCUT2D eigenvalue weighted by Gasteiger charge is -2.39. The summed E-state index contributed by atoms with van der Waals surface area (Å²) in [5, 5.41) is 9.24. The number of piperidine rings is 1. The molecule has 3 heteroatoms. The molecule has 0 amide bonds. The smallest absolute Gasteiger partial charge is 0.0499 e. The number of aliphatic hydroxyl groups is 1. The highest BCUT2D eigenvalue weighted by molar-refractivity contribution is 5.30. The van der Waals surface area contributed by atoms with Crippen molar-refractivity contribution in [3.05, 3.63) is 35.4 Å². The summed E-state index contributed by atoms with van der Waals surface area (Å²) in [6.45, 7) is 6.64. The second-order valence-electron chi connectivity index (χ2n) is 5.82. The number of aliphatic hydroxyl groups excluding tert-OH is 1. The maximum atomic E-state index is 9.24. The van der Waals surface area contributed by atoms with Crippen LogP contribution in [0.5, 0.6) is 0 Å². The Labute approximate surface area is 116 Å². The zero-order valence-electron chi connectivity index (χ0n) is 12.0. The van der Waals surface area contributed by atoms with Gasteiger partial charge in [0, 0.05) is 18.7 Å². The van der Waals surface area contributed by atoms with Crippen molar-refractivity contribution in [1.29, 1.82) is 0 Å². The zero-order valence-corrected chi connectivity index (χ0v) is 12.0. The number of nitrogens with zero attached hydrogens (tertiary/aromatic N) is 1. The molecule has 0 saturated carbocycles. The highest BCUT2D eigenvalue weighted by Gasteiger charge is 2.28. The number of hydrogen-bond acceptors (Lipinski definition) is 3. The molecule has 2 unspecified atom stereocenters. The molecule has 0 aliphatic carbocycles. The Bertz CT molecular complexity index is 397. The maximum absolute atomic E-state index is 9.24. The molecule has 1 aromatic carbocycles. The molecule has 1 saturated heterocycles. The van der Waals surface area contributed by atoms with Crippen molar-refractivity contribution in [1.82, 2.24) is 4.90 Å². The van der Waals surface area contributed by atoms with Gasteiger partial charge in [-0.15, -0.1) is 0 Å². The van der Waals surface area contributed by atoms with E-state index >= 15 is 0 Å². The van der Waals surface area contributed by atoms with Gasteiger partial charge >= 0.3 is 0 Å². The van der Waals surface area contributed by atoms with Crippen LogP contribution in [-0.4, -0.2) is 35.7 Å². The first-order chi connectivity index (χ1) is 9.13. The number of nitrogens with two attached hydrogens (primary N) is 1. The van der Waals surface area contributed by atoms with Crippen LogP contribution < -0.4 is 5.73 Å². The van der Waals surface area contributed by atoms with Crippen LogP contribution in [0, 0.1) is 12.8 Å². The number of hydrogen-bond donors (Lipinski definition) is 2. The fraction of sp³-hybridized carbons (Fsp3) is 0.625. The van der Waals surface area contributed by atoms with Gasteiger partial charge in [-0.1, -0.05) is 24.3 Å². The third kappa shape index (κ3) is 3.35. The normalized spacial score (nSPS) is 21.3. The summed E-state index contributed by atoms with van der Waals surface area (Å²) in [7, 11) is 0. The monoisotopic (exact) mass is 262 g/mol. The summed E-state index contributed by atoms with van der Waals surface area (Å²) in [6, 6.07) is 8.94. The SMILES string of the molecule is Cc1ccccc1C(C(C)N)N1CCC(CO)CC1. The highest BCUT2D eigenvalue weighted by atomic mass is 16.3. The summed E-state index contributed by atoms with van der Waals surface area (Å²) >= 11 is 0. The molecular weight excluding hydrogens is 236 g/mol. The van der Waals surface area contributed by atoms with E-state index in [0.29, 0.717) is 18.6 Å². The Kier molecular flexibility index (Phi) is 4.97. The molecule has 1 aliphatic rings. The molecule has 0 spiro atoms. The zero-order chi connectivity index (χ0) is 13.8. The van der Waals surface area contributed by atoms with Gasteiger partial charge in [-0.3, -0.25) is 4.90 Å². The van der Waals surface area contributed by atoms with Crippen LogP contribution in [-0.2, 0) is 0 Å². The van der Waals surface area contributed by atoms with Gasteiger partial charge < -0.3 is 10.8 Å². The standard InChI is InChI=1S/C16H26N2O/c1-12-5-3-4-6-15(12)16(13(2)17)18-9-7-14(11-19)8-10-18/h3-6,13-14,16,19H,7-11,17H2,1-2H3. The predicted octanol–water partition coefficient (Wildman–Crippen LogP) is 2.09. The van der Waals surface area contributed by atoms with Crippen LogP contribution in [0.1, 0.15) is 36.9 Å². The van der Waals surface area contributed by atoms with Crippen LogP contribution >= 0.6 is 0 Å². The summed E-state index contributed by atoms with van der Waals surface area (Å²) in [5.41, 5.74) is 8.91. The maximum Gasteiger partial charge on any atom is 0.0499 e. The first kappa shape index (κ1) is 14.5. The highest BCUT2D eigenvalue weighted by Crippen LogP contribution is 2.30. The average molecular weight is 262 g/mol. The molecule has 1 heterocycles. The van der Waals surface area contributed by atoms with Gasteiger partial charge in [-0.05, 0) is 56.8 Å². The molecule has 2 rings (SSSR count). The van der Waals surface area contributed by atoms with E-state index in [9.17, 15) is 5.11 Å². The van der Waals surface area contributed by atoms with Gasteiger partial charge in [-0.25, -0.2) is 0 Å². The lowest BCUT2D eigenvalue weighted by Crippen LogP contribution is -2.44. The quantitative estimate of drug-likeness (QED) is 0.873. The van der Waals surface area contributed by atoms with Crippen molar-refractivity contribution in [2.75, 3.05) is 19.7 Å². The Hall–Kier alpha value is -0.900. The largest absolute Gasteiger partial charge is 0.396 e. The molecule has 3 nitrogen and oxygen atoms in total. The molecule has 1 fully saturated rings. The average Bonchev–Trinajstić information content (AvgIpc) is 2.42. The molecule has 1 aromatic rings. The van der Waals surface area contributed by atoms with Crippen LogP contribution in [0.2, 0.25) is 0 Å². The minimum atomic E-state index is 0.117. The van der Waals surface area contributed by atoms with Crippen LogP contribution in [0.25, 0.3) is 0 Å². The lowest BCUT2D eigenvalue weighted by atomic mass is 9.91. The Morgan fingerprint density at radius 2 is 1.95 bits per heavy atom. The minimum Gasteiger partial charge on any atom is -0.396 e. The first-order valence-electron chi connectivity index (χ1n) is 7.29. The lowest BCUT2D eigenvalue weighted by molar-refractivity contribution is 0.0912. The van der Waals surface area contributed by atoms with Crippen molar-refractivity contribution >= 4 is 0 Å². The van der Waals surface area contributed by atoms with Gasteiger partial charge in [0.05, 0.1) is 0 Å². The number of likely N-dealkylation sites (tertiary alicyclic amines) is 1. The van der Waals surface area contributed by atoms with E-state index in [2.05, 4.69) is 43.0 Å². The van der Waals surface area contributed by atoms with E-state index in [0.717, 1.165) is 25.9 Å². The summed E-state index contributed by atoms with van der Waals surface area (Å²) in [5.74, 6) is 0.474. The molecule has 1 aliphatic heterocycles. The summed E-state index contributed by atoms with van der Waals surface area (Å²) in [6.07, 6.45) is 2.15. The number of aryl methyl sites for hydroxylation is 1. The number of rotatable bonds is 4. The van der Waals surface area contributed by atoms with E-state index in [1.807, 2.05) is 0 Å². The molecule has 0 aromatic heterocycles.